The van der Waals surface area contributed by atoms with Crippen molar-refractivity contribution in [2.75, 3.05) is 9.80 Å². The first-order valence-electron chi connectivity index (χ1n) is 16.3. The van der Waals surface area contributed by atoms with Crippen LogP contribution in [0.25, 0.3) is 11.1 Å². The van der Waals surface area contributed by atoms with Gasteiger partial charge in [0.05, 0.1) is 48.6 Å². The number of hydrogen-bond acceptors (Lipinski definition) is 10. The Morgan fingerprint density at radius 3 is 0.740 bits per heavy atom. The van der Waals surface area contributed by atoms with Crippen LogP contribution < -0.4 is 9.80 Å². The van der Waals surface area contributed by atoms with Crippen molar-refractivity contribution in [2.24, 2.45) is 21.7 Å². The molecule has 50 heavy (non-hydrogen) atoms. The van der Waals surface area contributed by atoms with Crippen molar-refractivity contribution in [3.63, 3.8) is 0 Å². The third kappa shape index (κ3) is 4.45. The average molecular weight is 657 g/mol. The van der Waals surface area contributed by atoms with Gasteiger partial charge >= 0.3 is 0 Å². The fraction of sp³-hybridized carbons (Fsp3) is 0.400. The summed E-state index contributed by atoms with van der Waals surface area (Å²) in [4.78, 5) is 4.33. The van der Waals surface area contributed by atoms with Crippen molar-refractivity contribution in [2.45, 2.75) is 79.6 Å². The van der Waals surface area contributed by atoms with Crippen LogP contribution in [0.4, 0.5) is 11.4 Å². The molecular weight excluding hydrogens is 621 g/mol. The van der Waals surface area contributed by atoms with Gasteiger partial charge in [0.15, 0.2) is 0 Å². The quantitative estimate of drug-likeness (QED) is 0.264. The van der Waals surface area contributed by atoms with Crippen LogP contribution >= 0.6 is 0 Å². The van der Waals surface area contributed by atoms with Crippen molar-refractivity contribution in [1.29, 1.82) is 42.1 Å². The summed E-state index contributed by atoms with van der Waals surface area (Å²) >= 11 is 0. The predicted molar refractivity (Wildman–Crippen MR) is 187 cm³/mol. The lowest BCUT2D eigenvalue weighted by Crippen LogP contribution is -2.58. The standard InChI is InChI=1S/C40H36N10/c1-25(2)49(26(3)4)31-13-9-29(10-14-31)33-35(39(21-45,22-46)37(33,17-41)18-42)36-34(38(19-43,20-44)40(36,23-47)24-48)30-11-15-32(16-12-30)50(27(5)6)28(7)8/h9-16,25-28H,1-8H3. The highest BCUT2D eigenvalue weighted by molar-refractivity contribution is 6.03. The Bertz CT molecular complexity index is 1900. The first-order valence-corrected chi connectivity index (χ1v) is 16.3. The molecule has 4 rings (SSSR count). The van der Waals surface area contributed by atoms with E-state index in [0.29, 0.717) is 11.1 Å². The minimum Gasteiger partial charge on any atom is -0.367 e. The molecule has 10 heteroatoms. The van der Waals surface area contributed by atoms with E-state index < -0.39 is 21.7 Å². The molecule has 0 amide bonds. The number of hydrogen-bond donors (Lipinski definition) is 0. The first kappa shape index (κ1) is 36.3. The molecule has 246 valence electrons. The monoisotopic (exact) mass is 656 g/mol. The SMILES string of the molecule is CC(C)N(c1ccc(C2=C(C3=C(c4ccc(N(C(C)C)C(C)C)cc4)C(C#N)(C#N)C3(C#N)C#N)C(C#N)(C#N)C2(C#N)C#N)cc1)C(C)C. The number of nitrogens with zero attached hydrogens (tertiary/aromatic N) is 10. The molecule has 2 aromatic rings. The maximum Gasteiger partial charge on any atom is 0.205 e. The van der Waals surface area contributed by atoms with Gasteiger partial charge in [-0.1, -0.05) is 24.3 Å². The molecular formula is C40H36N10. The van der Waals surface area contributed by atoms with Crippen LogP contribution in [0.5, 0.6) is 0 Å². The minimum absolute atomic E-state index is 0.0212. The first-order chi connectivity index (χ1) is 23.7. The van der Waals surface area contributed by atoms with E-state index in [2.05, 4.69) is 9.80 Å². The molecule has 0 bridgehead atoms. The summed E-state index contributed by atoms with van der Waals surface area (Å²) in [5.41, 5.74) is -7.64. The highest BCUT2D eigenvalue weighted by Crippen LogP contribution is 2.74. The molecule has 0 atom stereocenters. The fourth-order valence-electron chi connectivity index (χ4n) is 7.93. The van der Waals surface area contributed by atoms with Crippen molar-refractivity contribution in [3.05, 3.63) is 70.8 Å². The number of allylic oxidation sites excluding steroid dienone is 4. The molecule has 0 saturated carbocycles. The van der Waals surface area contributed by atoms with Gasteiger partial charge in [-0.3, -0.25) is 0 Å². The van der Waals surface area contributed by atoms with E-state index in [1.54, 1.807) is 48.5 Å². The second-order valence-electron chi connectivity index (χ2n) is 13.7. The van der Waals surface area contributed by atoms with Crippen LogP contribution in [0.15, 0.2) is 59.7 Å². The van der Waals surface area contributed by atoms with Crippen molar-refractivity contribution in [1.82, 2.24) is 0 Å². The number of nitriles is 8. The molecule has 0 aromatic heterocycles. The maximum atomic E-state index is 10.7. The zero-order chi connectivity index (χ0) is 37.4. The molecule has 0 saturated heterocycles. The van der Waals surface area contributed by atoms with Crippen LogP contribution in [0.3, 0.4) is 0 Å². The maximum absolute atomic E-state index is 10.7. The Labute approximate surface area is 294 Å². The number of anilines is 2. The zero-order valence-electron chi connectivity index (χ0n) is 29.4. The van der Waals surface area contributed by atoms with E-state index in [-0.39, 0.29) is 46.5 Å². The molecule has 0 heterocycles. The van der Waals surface area contributed by atoms with E-state index in [4.69, 9.17) is 0 Å². The third-order valence-electron chi connectivity index (χ3n) is 9.85. The predicted octanol–water partition coefficient (Wildman–Crippen LogP) is 7.30. The Morgan fingerprint density at radius 2 is 0.560 bits per heavy atom. The zero-order valence-corrected chi connectivity index (χ0v) is 29.4. The Balaban J connectivity index is 2.21. The van der Waals surface area contributed by atoms with E-state index in [0.717, 1.165) is 11.4 Å². The molecule has 0 fully saturated rings. The third-order valence-corrected chi connectivity index (χ3v) is 9.85. The summed E-state index contributed by atoms with van der Waals surface area (Å²) in [5.74, 6) is 0. The molecule has 0 spiro atoms. The second-order valence-corrected chi connectivity index (χ2v) is 13.7. The van der Waals surface area contributed by atoms with Gasteiger partial charge in [0.25, 0.3) is 0 Å². The molecule has 2 aliphatic carbocycles. The lowest BCUT2D eigenvalue weighted by Gasteiger charge is -2.54. The van der Waals surface area contributed by atoms with Crippen molar-refractivity contribution >= 4 is 22.5 Å². The van der Waals surface area contributed by atoms with Gasteiger partial charge in [0, 0.05) is 57.8 Å². The van der Waals surface area contributed by atoms with Gasteiger partial charge in [-0.2, -0.15) is 42.1 Å². The Hall–Kier alpha value is -6.56. The van der Waals surface area contributed by atoms with Gasteiger partial charge in [0.1, 0.15) is 0 Å². The largest absolute Gasteiger partial charge is 0.367 e. The molecule has 10 nitrogen and oxygen atoms in total. The van der Waals surface area contributed by atoms with Crippen LogP contribution in [-0.4, -0.2) is 24.2 Å². The topological polar surface area (TPSA) is 197 Å². The highest BCUT2D eigenvalue weighted by Gasteiger charge is 2.78. The summed E-state index contributed by atoms with van der Waals surface area (Å²) in [6.45, 7) is 16.4. The normalized spacial score (nSPS) is 17.4. The lowest BCUT2D eigenvalue weighted by atomic mass is 9.37. The van der Waals surface area contributed by atoms with Gasteiger partial charge in [-0.15, -0.1) is 0 Å². The summed E-state index contributed by atoms with van der Waals surface area (Å²) in [6, 6.07) is 29.7. The molecule has 2 aromatic carbocycles. The van der Waals surface area contributed by atoms with E-state index in [1.807, 2.05) is 104 Å². The van der Waals surface area contributed by atoms with E-state index in [9.17, 15) is 42.1 Å². The number of benzene rings is 2. The smallest absolute Gasteiger partial charge is 0.205 e. The molecule has 0 aliphatic heterocycles. The van der Waals surface area contributed by atoms with Crippen LogP contribution in [-0.2, 0) is 0 Å². The highest BCUT2D eigenvalue weighted by atomic mass is 15.2. The Kier molecular flexibility index (Phi) is 9.29. The lowest BCUT2D eigenvalue weighted by molar-refractivity contribution is 0.337. The van der Waals surface area contributed by atoms with Gasteiger partial charge in [0.2, 0.25) is 21.7 Å². The minimum atomic E-state index is -2.46. The average Bonchev–Trinajstić information content (AvgIpc) is 3.08. The van der Waals surface area contributed by atoms with Crippen molar-refractivity contribution in [3.8, 4) is 48.6 Å². The fourth-order valence-corrected chi connectivity index (χ4v) is 7.93. The van der Waals surface area contributed by atoms with E-state index >= 15 is 0 Å². The van der Waals surface area contributed by atoms with Crippen LogP contribution in [0.1, 0.15) is 66.5 Å². The van der Waals surface area contributed by atoms with Crippen LogP contribution in [0.2, 0.25) is 0 Å². The van der Waals surface area contributed by atoms with Crippen molar-refractivity contribution < 1.29 is 0 Å². The summed E-state index contributed by atoms with van der Waals surface area (Å²) < 4.78 is 0. The van der Waals surface area contributed by atoms with Crippen LogP contribution in [0, 0.1) is 112 Å². The Morgan fingerprint density at radius 1 is 0.360 bits per heavy atom. The molecule has 0 unspecified atom stereocenters. The molecule has 0 N–H and O–H groups in total. The second kappa shape index (κ2) is 12.8. The van der Waals surface area contributed by atoms with Gasteiger partial charge in [-0.05, 0) is 90.8 Å². The molecule has 0 radical (unpaired) electrons. The summed E-state index contributed by atoms with van der Waals surface area (Å²) in [5, 5.41) is 84.9. The van der Waals surface area contributed by atoms with Gasteiger partial charge in [-0.25, -0.2) is 0 Å². The molecule has 2 aliphatic rings. The summed E-state index contributed by atoms with van der Waals surface area (Å²) in [6.07, 6.45) is 0. The van der Waals surface area contributed by atoms with E-state index in [1.165, 1.54) is 0 Å². The van der Waals surface area contributed by atoms with Gasteiger partial charge < -0.3 is 9.80 Å². The summed E-state index contributed by atoms with van der Waals surface area (Å²) in [7, 11) is 0. The number of rotatable bonds is 9.